The molecule has 1 aliphatic heterocycles. The van der Waals surface area contributed by atoms with E-state index in [1.54, 1.807) is 26.6 Å². The monoisotopic (exact) mass is 465 g/mol. The van der Waals surface area contributed by atoms with Crippen molar-refractivity contribution in [1.29, 1.82) is 0 Å². The number of benzene rings is 2. The first-order chi connectivity index (χ1) is 16.5. The molecule has 0 atom stereocenters. The fourth-order valence-corrected chi connectivity index (χ4v) is 4.30. The molecule has 7 heteroatoms. The highest BCUT2D eigenvalue weighted by molar-refractivity contribution is 6.02. The molecule has 3 aromatic rings. The summed E-state index contributed by atoms with van der Waals surface area (Å²) in [5.41, 5.74) is 5.23. The lowest BCUT2D eigenvalue weighted by Crippen LogP contribution is -2.39. The fourth-order valence-electron chi connectivity index (χ4n) is 4.30. The van der Waals surface area contributed by atoms with E-state index in [2.05, 4.69) is 0 Å². The molecule has 2 heterocycles. The molecule has 0 aliphatic carbocycles. The lowest BCUT2D eigenvalue weighted by molar-refractivity contribution is -0.129. The number of amides is 1. The van der Waals surface area contributed by atoms with Gasteiger partial charge in [0.2, 0.25) is 5.91 Å². The number of carbonyl (C=O) groups is 1. The van der Waals surface area contributed by atoms with Crippen LogP contribution < -0.4 is 14.2 Å². The van der Waals surface area contributed by atoms with Crippen LogP contribution in [0.25, 0.3) is 27.7 Å². The van der Waals surface area contributed by atoms with Crippen LogP contribution in [0.4, 0.5) is 0 Å². The molecule has 2 aromatic carbocycles. The quantitative estimate of drug-likeness (QED) is 0.453. The van der Waals surface area contributed by atoms with E-state index in [4.69, 9.17) is 23.4 Å². The number of carbonyl (C=O) groups excluding carboxylic acids is 1. The molecule has 0 saturated carbocycles. The number of hydrogen-bond donors (Lipinski definition) is 0. The highest BCUT2D eigenvalue weighted by Gasteiger charge is 2.21. The topological polar surface area (TPSA) is 70.4 Å². The highest BCUT2D eigenvalue weighted by atomic mass is 16.5. The van der Waals surface area contributed by atoms with Gasteiger partial charge in [-0.25, -0.2) is 0 Å². The van der Waals surface area contributed by atoms with Crippen LogP contribution in [0.5, 0.6) is 17.2 Å². The zero-order valence-corrected chi connectivity index (χ0v) is 20.4. The Hall–Kier alpha value is -3.45. The lowest BCUT2D eigenvalue weighted by Gasteiger charge is -2.26. The summed E-state index contributed by atoms with van der Waals surface area (Å²) in [5, 5.41) is 0.940. The molecule has 1 aromatic heterocycles. The number of methoxy groups -OCH3 is 2. The number of hydrogen-bond acceptors (Lipinski definition) is 6. The number of ether oxygens (including phenoxy) is 4. The summed E-state index contributed by atoms with van der Waals surface area (Å²) in [6.45, 7) is 8.72. The minimum Gasteiger partial charge on any atom is -0.493 e. The van der Waals surface area contributed by atoms with Crippen molar-refractivity contribution >= 4 is 22.4 Å². The van der Waals surface area contributed by atoms with Crippen LogP contribution in [0.1, 0.15) is 25.0 Å². The molecule has 1 aliphatic rings. The Balaban J connectivity index is 1.82. The van der Waals surface area contributed by atoms with E-state index in [9.17, 15) is 4.79 Å². The van der Waals surface area contributed by atoms with Gasteiger partial charge in [-0.05, 0) is 50.1 Å². The van der Waals surface area contributed by atoms with E-state index < -0.39 is 0 Å². The SMILES string of the molecule is CCOc1c(/C(C)=C/C(=O)N2CCOCC2)cc2c(-c3ccc(OC)c(OC)c3)coc2c1C. The first-order valence-corrected chi connectivity index (χ1v) is 11.4. The molecule has 0 bridgehead atoms. The van der Waals surface area contributed by atoms with Gasteiger partial charge >= 0.3 is 0 Å². The van der Waals surface area contributed by atoms with Gasteiger partial charge in [-0.15, -0.1) is 0 Å². The number of allylic oxidation sites excluding steroid dienone is 1. The summed E-state index contributed by atoms with van der Waals surface area (Å²) >= 11 is 0. The molecule has 180 valence electrons. The number of fused-ring (bicyclic) bond motifs is 1. The number of nitrogens with zero attached hydrogens (tertiary/aromatic N) is 1. The predicted octanol–water partition coefficient (Wildman–Crippen LogP) is 5.09. The van der Waals surface area contributed by atoms with Crippen molar-refractivity contribution in [3.05, 3.63) is 47.7 Å². The number of aryl methyl sites for hydroxylation is 1. The van der Waals surface area contributed by atoms with Crippen molar-refractivity contribution in [2.75, 3.05) is 47.1 Å². The fraction of sp³-hybridized carbons (Fsp3) is 0.370. The summed E-state index contributed by atoms with van der Waals surface area (Å²) in [6.07, 6.45) is 3.43. The number of morpholine rings is 1. The Labute approximate surface area is 199 Å². The summed E-state index contributed by atoms with van der Waals surface area (Å²) in [4.78, 5) is 14.7. The summed E-state index contributed by atoms with van der Waals surface area (Å²) in [5.74, 6) is 2.01. The van der Waals surface area contributed by atoms with Crippen LogP contribution in [0.2, 0.25) is 0 Å². The van der Waals surface area contributed by atoms with Gasteiger partial charge in [0.25, 0.3) is 0 Å². The van der Waals surface area contributed by atoms with Crippen LogP contribution in [0.15, 0.2) is 41.0 Å². The second-order valence-electron chi connectivity index (χ2n) is 8.17. The average molecular weight is 466 g/mol. The van der Waals surface area contributed by atoms with E-state index in [-0.39, 0.29) is 5.91 Å². The van der Waals surface area contributed by atoms with Crippen molar-refractivity contribution in [1.82, 2.24) is 4.90 Å². The van der Waals surface area contributed by atoms with Crippen molar-refractivity contribution in [2.45, 2.75) is 20.8 Å². The second kappa shape index (κ2) is 10.2. The van der Waals surface area contributed by atoms with Crippen LogP contribution in [0.3, 0.4) is 0 Å². The van der Waals surface area contributed by atoms with Gasteiger partial charge in [0, 0.05) is 41.2 Å². The first-order valence-electron chi connectivity index (χ1n) is 11.4. The van der Waals surface area contributed by atoms with Crippen molar-refractivity contribution in [3.63, 3.8) is 0 Å². The molecule has 0 radical (unpaired) electrons. The normalized spacial score (nSPS) is 14.4. The third-order valence-corrected chi connectivity index (χ3v) is 6.11. The zero-order valence-electron chi connectivity index (χ0n) is 20.4. The zero-order chi connectivity index (χ0) is 24.2. The van der Waals surface area contributed by atoms with Crippen molar-refractivity contribution in [2.24, 2.45) is 0 Å². The first kappa shape index (κ1) is 23.7. The molecule has 1 saturated heterocycles. The molecule has 0 spiro atoms. The van der Waals surface area contributed by atoms with E-state index in [1.165, 1.54) is 0 Å². The minimum atomic E-state index is -0.0201. The van der Waals surface area contributed by atoms with Gasteiger partial charge in [0.15, 0.2) is 11.5 Å². The molecule has 0 unspecified atom stereocenters. The molecule has 34 heavy (non-hydrogen) atoms. The Kier molecular flexibility index (Phi) is 7.12. The largest absolute Gasteiger partial charge is 0.493 e. The van der Waals surface area contributed by atoms with Gasteiger partial charge < -0.3 is 28.3 Å². The highest BCUT2D eigenvalue weighted by Crippen LogP contribution is 2.42. The molecule has 4 rings (SSSR count). The van der Waals surface area contributed by atoms with E-state index in [0.29, 0.717) is 44.4 Å². The maximum absolute atomic E-state index is 12.9. The standard InChI is InChI=1S/C27H31NO6/c1-6-33-26-18(3)27-21(15-20(26)17(2)13-25(29)28-9-11-32-12-10-28)22(16-34-27)19-7-8-23(30-4)24(14-19)31-5/h7-8,13-16H,6,9-12H2,1-5H3/b17-13+. The molecular formula is C27H31NO6. The van der Waals surface area contributed by atoms with Crippen molar-refractivity contribution < 1.29 is 28.2 Å². The van der Waals surface area contributed by atoms with Crippen LogP contribution in [-0.2, 0) is 9.53 Å². The Bertz CT molecular complexity index is 1220. The van der Waals surface area contributed by atoms with Gasteiger partial charge in [-0.1, -0.05) is 6.07 Å². The summed E-state index contributed by atoms with van der Waals surface area (Å²) in [6, 6.07) is 7.82. The molecule has 7 nitrogen and oxygen atoms in total. The maximum atomic E-state index is 12.9. The predicted molar refractivity (Wildman–Crippen MR) is 132 cm³/mol. The van der Waals surface area contributed by atoms with Gasteiger partial charge in [-0.3, -0.25) is 4.79 Å². The maximum Gasteiger partial charge on any atom is 0.247 e. The molecular weight excluding hydrogens is 434 g/mol. The van der Waals surface area contributed by atoms with Gasteiger partial charge in [-0.2, -0.15) is 0 Å². The smallest absolute Gasteiger partial charge is 0.247 e. The number of furan rings is 1. The summed E-state index contributed by atoms with van der Waals surface area (Å²) in [7, 11) is 3.23. The Morgan fingerprint density at radius 3 is 2.53 bits per heavy atom. The van der Waals surface area contributed by atoms with E-state index in [1.807, 2.05) is 49.9 Å². The Morgan fingerprint density at radius 1 is 1.12 bits per heavy atom. The molecule has 0 N–H and O–H groups in total. The van der Waals surface area contributed by atoms with E-state index in [0.717, 1.165) is 44.5 Å². The molecule has 1 fully saturated rings. The van der Waals surface area contributed by atoms with Gasteiger partial charge in [0.1, 0.15) is 11.3 Å². The van der Waals surface area contributed by atoms with Crippen LogP contribution in [0, 0.1) is 6.92 Å². The van der Waals surface area contributed by atoms with Crippen LogP contribution in [-0.4, -0.2) is 57.9 Å². The third kappa shape index (κ3) is 4.48. The second-order valence-corrected chi connectivity index (χ2v) is 8.17. The third-order valence-electron chi connectivity index (χ3n) is 6.11. The minimum absolute atomic E-state index is 0.0201. The summed E-state index contributed by atoms with van der Waals surface area (Å²) < 4.78 is 28.3. The molecule has 1 amide bonds. The van der Waals surface area contributed by atoms with Crippen molar-refractivity contribution in [3.8, 4) is 28.4 Å². The van der Waals surface area contributed by atoms with E-state index >= 15 is 0 Å². The van der Waals surface area contributed by atoms with Crippen LogP contribution >= 0.6 is 0 Å². The van der Waals surface area contributed by atoms with Gasteiger partial charge in [0.05, 0.1) is 40.3 Å². The average Bonchev–Trinajstić information content (AvgIpc) is 3.30. The Morgan fingerprint density at radius 2 is 1.85 bits per heavy atom. The lowest BCUT2D eigenvalue weighted by atomic mass is 9.96. The number of rotatable bonds is 7.